The molecule has 5 atom stereocenters. The van der Waals surface area contributed by atoms with E-state index < -0.39 is 72.1 Å². The normalized spacial score (nSPS) is 21.2. The first-order chi connectivity index (χ1) is 21.0. The molecule has 0 spiro atoms. The first-order valence-electron chi connectivity index (χ1n) is 13.3. The molecule has 3 aromatic rings. The summed E-state index contributed by atoms with van der Waals surface area (Å²) in [5.74, 6) is -4.24. The van der Waals surface area contributed by atoms with Crippen LogP contribution in [-0.2, 0) is 15.9 Å². The third kappa shape index (κ3) is 7.06. The number of hydrogen-bond acceptors (Lipinski definition) is 13. The van der Waals surface area contributed by atoms with Crippen LogP contribution in [0.4, 0.5) is 0 Å². The highest BCUT2D eigenvalue weighted by molar-refractivity contribution is 5.95. The molecule has 1 fully saturated rings. The zero-order chi connectivity index (χ0) is 32.0. The van der Waals surface area contributed by atoms with Gasteiger partial charge >= 0.3 is 11.9 Å². The van der Waals surface area contributed by atoms with E-state index in [1.165, 1.54) is 32.4 Å². The minimum absolute atomic E-state index is 0.0113. The largest absolute Gasteiger partial charge is 0.504 e. The molecule has 44 heavy (non-hydrogen) atoms. The molecule has 14 nitrogen and oxygen atoms in total. The zero-order valence-electron chi connectivity index (χ0n) is 23.7. The Morgan fingerprint density at radius 3 is 2.20 bits per heavy atom. The molecule has 1 aliphatic rings. The Labute approximate surface area is 251 Å². The number of carbonyl (C=O) groups excluding carboxylic acids is 1. The summed E-state index contributed by atoms with van der Waals surface area (Å²) < 4.78 is 32.3. The number of benzene rings is 3. The fraction of sp³-hybridized carbons (Fsp3) is 0.333. The molecule has 0 aliphatic carbocycles. The van der Waals surface area contributed by atoms with Crippen LogP contribution in [0.1, 0.15) is 26.3 Å². The van der Waals surface area contributed by atoms with Crippen molar-refractivity contribution in [1.82, 2.24) is 0 Å². The SMILES string of the molecule is COc1cc(C(=O)O)ccc1O[C@H]1O[C@H](COC(=O)c2cc(OC)c(O)c(OCCc3ccccc3)c2O)[C@@H](O)[C@H](O)[C@H]1O. The second-order valence-electron chi connectivity index (χ2n) is 9.64. The van der Waals surface area contributed by atoms with E-state index in [-0.39, 0.29) is 29.4 Å². The molecule has 3 aromatic carbocycles. The third-order valence-electron chi connectivity index (χ3n) is 6.81. The lowest BCUT2D eigenvalue weighted by molar-refractivity contribution is -0.277. The van der Waals surface area contributed by atoms with Crippen molar-refractivity contribution in [1.29, 1.82) is 0 Å². The number of aromatic carboxylic acids is 1. The molecule has 6 N–H and O–H groups in total. The van der Waals surface area contributed by atoms with E-state index in [0.29, 0.717) is 6.42 Å². The summed E-state index contributed by atoms with van der Waals surface area (Å²) in [4.78, 5) is 24.3. The molecule has 1 heterocycles. The van der Waals surface area contributed by atoms with Gasteiger partial charge in [-0.25, -0.2) is 9.59 Å². The predicted molar refractivity (Wildman–Crippen MR) is 150 cm³/mol. The summed E-state index contributed by atoms with van der Waals surface area (Å²) in [5, 5.41) is 61.8. The van der Waals surface area contributed by atoms with E-state index in [1.807, 2.05) is 30.3 Å². The van der Waals surface area contributed by atoms with E-state index in [1.54, 1.807) is 0 Å². The minimum Gasteiger partial charge on any atom is -0.504 e. The number of methoxy groups -OCH3 is 2. The number of ether oxygens (including phenoxy) is 6. The fourth-order valence-corrected chi connectivity index (χ4v) is 4.39. The summed E-state index contributed by atoms with van der Waals surface area (Å²) in [6.07, 6.45) is -7.88. The third-order valence-corrected chi connectivity index (χ3v) is 6.81. The number of carbonyl (C=O) groups is 2. The van der Waals surface area contributed by atoms with Crippen molar-refractivity contribution in [2.24, 2.45) is 0 Å². The number of esters is 1. The molecule has 0 aromatic heterocycles. The lowest BCUT2D eigenvalue weighted by atomic mass is 9.99. The monoisotopic (exact) mass is 616 g/mol. The summed E-state index contributed by atoms with van der Waals surface area (Å²) in [6, 6.07) is 14.0. The van der Waals surface area contributed by atoms with Crippen LogP contribution in [-0.4, -0.2) is 101 Å². The number of hydrogen-bond donors (Lipinski definition) is 6. The molecule has 0 bridgehead atoms. The van der Waals surface area contributed by atoms with E-state index in [9.17, 15) is 40.2 Å². The maximum Gasteiger partial charge on any atom is 0.342 e. The molecular formula is C30H32O14. The van der Waals surface area contributed by atoms with Gasteiger partial charge in [0.05, 0.1) is 26.4 Å². The molecule has 0 unspecified atom stereocenters. The number of phenols is 2. The van der Waals surface area contributed by atoms with Gasteiger partial charge in [-0.2, -0.15) is 0 Å². The average molecular weight is 617 g/mol. The lowest BCUT2D eigenvalue weighted by Gasteiger charge is -2.40. The van der Waals surface area contributed by atoms with Gasteiger partial charge in [0.25, 0.3) is 0 Å². The van der Waals surface area contributed by atoms with Crippen molar-refractivity contribution in [3.63, 3.8) is 0 Å². The summed E-state index contributed by atoms with van der Waals surface area (Å²) in [5.41, 5.74) is 0.403. The van der Waals surface area contributed by atoms with Crippen molar-refractivity contribution >= 4 is 11.9 Å². The molecule has 1 saturated heterocycles. The number of aliphatic hydroxyl groups excluding tert-OH is 3. The van der Waals surface area contributed by atoms with Gasteiger partial charge < -0.3 is 59.1 Å². The molecule has 14 heteroatoms. The molecule has 0 radical (unpaired) electrons. The van der Waals surface area contributed by atoms with Gasteiger partial charge in [-0.3, -0.25) is 0 Å². The Kier molecular flexibility index (Phi) is 10.3. The van der Waals surface area contributed by atoms with Crippen LogP contribution < -0.4 is 18.9 Å². The Morgan fingerprint density at radius 2 is 1.55 bits per heavy atom. The first kappa shape index (κ1) is 32.2. The number of aliphatic hydroxyl groups is 3. The quantitative estimate of drug-likeness (QED) is 0.159. The summed E-state index contributed by atoms with van der Waals surface area (Å²) >= 11 is 0. The minimum atomic E-state index is -1.80. The Balaban J connectivity index is 1.47. The van der Waals surface area contributed by atoms with Gasteiger partial charge in [-0.15, -0.1) is 0 Å². The maximum atomic E-state index is 13.0. The van der Waals surface area contributed by atoms with Gasteiger partial charge in [0.15, 0.2) is 23.0 Å². The number of aromatic hydroxyl groups is 2. The van der Waals surface area contributed by atoms with Crippen LogP contribution in [0, 0.1) is 0 Å². The summed E-state index contributed by atoms with van der Waals surface area (Å²) in [6.45, 7) is -0.633. The van der Waals surface area contributed by atoms with Crippen molar-refractivity contribution in [3.05, 3.63) is 71.3 Å². The summed E-state index contributed by atoms with van der Waals surface area (Å²) in [7, 11) is 2.50. The van der Waals surface area contributed by atoms with Gasteiger partial charge in [-0.1, -0.05) is 30.3 Å². The molecule has 4 rings (SSSR count). The maximum absolute atomic E-state index is 13.0. The highest BCUT2D eigenvalue weighted by atomic mass is 16.7. The van der Waals surface area contributed by atoms with E-state index in [4.69, 9.17) is 28.4 Å². The van der Waals surface area contributed by atoms with Gasteiger partial charge in [-0.05, 0) is 23.8 Å². The van der Waals surface area contributed by atoms with E-state index in [2.05, 4.69) is 0 Å². The smallest absolute Gasteiger partial charge is 0.342 e. The van der Waals surface area contributed by atoms with Crippen LogP contribution in [0.15, 0.2) is 54.6 Å². The molecule has 0 saturated carbocycles. The zero-order valence-corrected chi connectivity index (χ0v) is 23.7. The standard InChI is InChI=1S/C30H32O14/c1-39-19-12-16(28(36)37)8-9-18(19)43-30-26(35)25(34)23(32)21(44-30)14-42-29(38)17-13-20(40-2)24(33)27(22(17)31)41-11-10-15-6-4-3-5-7-15/h3-9,12-13,21,23,25-26,30-35H,10-11,14H2,1-2H3,(H,36,37)/t21-,23-,25+,26-,30+/m1/s1. The average Bonchev–Trinajstić information content (AvgIpc) is 3.02. The topological polar surface area (TPSA) is 211 Å². The second-order valence-corrected chi connectivity index (χ2v) is 9.64. The lowest BCUT2D eigenvalue weighted by Crippen LogP contribution is -2.60. The molecule has 1 aliphatic heterocycles. The Bertz CT molecular complexity index is 1460. The van der Waals surface area contributed by atoms with Crippen LogP contribution >= 0.6 is 0 Å². The highest BCUT2D eigenvalue weighted by Gasteiger charge is 2.46. The highest BCUT2D eigenvalue weighted by Crippen LogP contribution is 2.45. The van der Waals surface area contributed by atoms with Gasteiger partial charge in [0, 0.05) is 12.5 Å². The van der Waals surface area contributed by atoms with Crippen molar-refractivity contribution < 1.29 is 68.6 Å². The van der Waals surface area contributed by atoms with Gasteiger partial charge in [0.2, 0.25) is 17.8 Å². The second kappa shape index (κ2) is 14.1. The van der Waals surface area contributed by atoms with Crippen molar-refractivity contribution in [2.75, 3.05) is 27.4 Å². The van der Waals surface area contributed by atoms with Crippen LogP contribution in [0.25, 0.3) is 0 Å². The molecule has 236 valence electrons. The van der Waals surface area contributed by atoms with Crippen LogP contribution in [0.2, 0.25) is 0 Å². The van der Waals surface area contributed by atoms with Gasteiger partial charge in [0.1, 0.15) is 36.6 Å². The predicted octanol–water partition coefficient (Wildman–Crippen LogP) is 1.48. The Hall–Kier alpha value is -4.76. The van der Waals surface area contributed by atoms with Crippen LogP contribution in [0.5, 0.6) is 34.5 Å². The van der Waals surface area contributed by atoms with Crippen molar-refractivity contribution in [2.45, 2.75) is 37.1 Å². The number of rotatable bonds is 12. The number of carboxylic acids is 1. The van der Waals surface area contributed by atoms with Crippen molar-refractivity contribution in [3.8, 4) is 34.5 Å². The molecule has 0 amide bonds. The fourth-order valence-electron chi connectivity index (χ4n) is 4.39. The number of phenolic OH excluding ortho intramolecular Hbond substituents is 2. The molecular weight excluding hydrogens is 584 g/mol. The van der Waals surface area contributed by atoms with Crippen LogP contribution in [0.3, 0.4) is 0 Å². The van der Waals surface area contributed by atoms with E-state index >= 15 is 0 Å². The number of carboxylic acid groups (broad SMARTS) is 1. The Morgan fingerprint density at radius 1 is 0.841 bits per heavy atom. The van der Waals surface area contributed by atoms with E-state index in [0.717, 1.165) is 11.6 Å². The first-order valence-corrected chi connectivity index (χ1v) is 13.3.